The first-order valence-corrected chi connectivity index (χ1v) is 11.4. The normalized spacial score (nSPS) is 13.3. The molecule has 2 N–H and O–H groups in total. The molecule has 0 radical (unpaired) electrons. The van der Waals surface area contributed by atoms with E-state index in [1.54, 1.807) is 59.8 Å². The lowest BCUT2D eigenvalue weighted by atomic mass is 10.2. The smallest absolute Gasteiger partial charge is 0.319 e. The summed E-state index contributed by atoms with van der Waals surface area (Å²) in [6.45, 7) is 3.03. The molecule has 10 heteroatoms. The lowest BCUT2D eigenvalue weighted by Crippen LogP contribution is -2.49. The molecule has 1 fully saturated rings. The molecule has 2 aromatic carbocycles. The van der Waals surface area contributed by atoms with Crippen molar-refractivity contribution >= 4 is 23.6 Å². The SMILES string of the molecule is O=C(NCCC(=O)N1CCN(c2ncccn2)CC1)Nc1cccc(OCc2ccc(F)cc2)c1. The van der Waals surface area contributed by atoms with Crippen molar-refractivity contribution in [1.29, 1.82) is 0 Å². The second-order valence-electron chi connectivity index (χ2n) is 7.99. The zero-order valence-corrected chi connectivity index (χ0v) is 19.2. The number of carbonyl (C=O) groups excluding carboxylic acids is 2. The van der Waals surface area contributed by atoms with Crippen LogP contribution < -0.4 is 20.3 Å². The van der Waals surface area contributed by atoms with Crippen LogP contribution in [0.2, 0.25) is 0 Å². The third kappa shape index (κ3) is 7.13. The summed E-state index contributed by atoms with van der Waals surface area (Å²) in [6.07, 6.45) is 3.62. The van der Waals surface area contributed by atoms with Gasteiger partial charge in [0.1, 0.15) is 18.2 Å². The van der Waals surface area contributed by atoms with Crippen LogP contribution in [0, 0.1) is 5.82 Å². The van der Waals surface area contributed by atoms with Crippen LogP contribution in [0.5, 0.6) is 5.75 Å². The van der Waals surface area contributed by atoms with Gasteiger partial charge in [-0.05, 0) is 35.9 Å². The Morgan fingerprint density at radius 3 is 2.46 bits per heavy atom. The summed E-state index contributed by atoms with van der Waals surface area (Å²) >= 11 is 0. The monoisotopic (exact) mass is 478 g/mol. The average Bonchev–Trinajstić information content (AvgIpc) is 2.89. The van der Waals surface area contributed by atoms with Crippen LogP contribution in [0.4, 0.5) is 20.8 Å². The van der Waals surface area contributed by atoms with Gasteiger partial charge in [0.05, 0.1) is 0 Å². The molecular weight excluding hydrogens is 451 g/mol. The summed E-state index contributed by atoms with van der Waals surface area (Å²) in [4.78, 5) is 37.1. The second-order valence-corrected chi connectivity index (χ2v) is 7.99. The topological polar surface area (TPSA) is 99.7 Å². The Morgan fingerprint density at radius 1 is 0.971 bits per heavy atom. The lowest BCUT2D eigenvalue weighted by molar-refractivity contribution is -0.131. The fourth-order valence-corrected chi connectivity index (χ4v) is 3.64. The molecule has 1 aromatic heterocycles. The number of hydrogen-bond donors (Lipinski definition) is 2. The van der Waals surface area contributed by atoms with Gasteiger partial charge < -0.3 is 25.2 Å². The summed E-state index contributed by atoms with van der Waals surface area (Å²) in [6, 6.07) is 14.4. The molecule has 4 rings (SSSR count). The molecule has 0 bridgehead atoms. The van der Waals surface area contributed by atoms with E-state index in [2.05, 4.69) is 20.6 Å². The third-order valence-electron chi connectivity index (χ3n) is 5.50. The summed E-state index contributed by atoms with van der Waals surface area (Å²) in [5, 5.41) is 5.45. The number of benzene rings is 2. The molecule has 9 nitrogen and oxygen atoms in total. The molecule has 0 spiro atoms. The number of amides is 3. The predicted octanol–water partition coefficient (Wildman–Crippen LogP) is 3.06. The van der Waals surface area contributed by atoms with Crippen LogP contribution in [-0.4, -0.2) is 59.5 Å². The summed E-state index contributed by atoms with van der Waals surface area (Å²) in [5.41, 5.74) is 1.40. The van der Waals surface area contributed by atoms with Gasteiger partial charge in [0.2, 0.25) is 11.9 Å². The number of ether oxygens (including phenoxy) is 1. The van der Waals surface area contributed by atoms with Gasteiger partial charge in [-0.15, -0.1) is 0 Å². The molecular formula is C25H27FN6O3. The molecule has 1 aliphatic heterocycles. The van der Waals surface area contributed by atoms with Crippen LogP contribution in [0.15, 0.2) is 67.0 Å². The zero-order valence-electron chi connectivity index (χ0n) is 19.2. The van der Waals surface area contributed by atoms with E-state index in [1.807, 2.05) is 4.90 Å². The first-order chi connectivity index (χ1) is 17.1. The molecule has 182 valence electrons. The highest BCUT2D eigenvalue weighted by molar-refractivity contribution is 5.89. The second kappa shape index (κ2) is 11.8. The van der Waals surface area contributed by atoms with Crippen molar-refractivity contribution in [3.63, 3.8) is 0 Å². The molecule has 0 atom stereocenters. The molecule has 2 heterocycles. The number of aromatic nitrogens is 2. The van der Waals surface area contributed by atoms with Crippen molar-refractivity contribution in [2.45, 2.75) is 13.0 Å². The number of carbonyl (C=O) groups is 2. The Hall–Kier alpha value is -4.21. The quantitative estimate of drug-likeness (QED) is 0.516. The molecule has 1 aliphatic rings. The minimum Gasteiger partial charge on any atom is -0.489 e. The molecule has 1 saturated heterocycles. The standard InChI is InChI=1S/C25H27FN6O3/c26-20-7-5-19(6-8-20)18-35-22-4-1-3-21(17-22)30-25(34)29-12-9-23(33)31-13-15-32(16-14-31)24-27-10-2-11-28-24/h1-8,10-11,17H,9,12-16,18H2,(H2,29,30,34). The third-order valence-corrected chi connectivity index (χ3v) is 5.50. The molecule has 3 aromatic rings. The average molecular weight is 479 g/mol. The van der Waals surface area contributed by atoms with E-state index in [0.717, 1.165) is 5.56 Å². The summed E-state index contributed by atoms with van der Waals surface area (Å²) < 4.78 is 18.7. The van der Waals surface area contributed by atoms with Gasteiger partial charge in [0.15, 0.2) is 0 Å². The van der Waals surface area contributed by atoms with Crippen molar-refractivity contribution < 1.29 is 18.7 Å². The number of piperazine rings is 1. The summed E-state index contributed by atoms with van der Waals surface area (Å²) in [7, 11) is 0. The van der Waals surface area contributed by atoms with Crippen LogP contribution >= 0.6 is 0 Å². The van der Waals surface area contributed by atoms with Crippen molar-refractivity contribution in [1.82, 2.24) is 20.2 Å². The molecule has 0 aliphatic carbocycles. The molecule has 0 saturated carbocycles. The highest BCUT2D eigenvalue weighted by Gasteiger charge is 2.22. The van der Waals surface area contributed by atoms with Gasteiger partial charge in [-0.2, -0.15) is 0 Å². The van der Waals surface area contributed by atoms with Crippen molar-refractivity contribution in [2.75, 3.05) is 42.9 Å². The molecule has 0 unspecified atom stereocenters. The van der Waals surface area contributed by atoms with Gasteiger partial charge in [0, 0.05) is 63.3 Å². The number of halogens is 1. The predicted molar refractivity (Wildman–Crippen MR) is 130 cm³/mol. The van der Waals surface area contributed by atoms with Gasteiger partial charge in [0.25, 0.3) is 0 Å². The van der Waals surface area contributed by atoms with Crippen LogP contribution in [0.3, 0.4) is 0 Å². The van der Waals surface area contributed by atoms with E-state index in [9.17, 15) is 14.0 Å². The minimum absolute atomic E-state index is 0.00452. The fourth-order valence-electron chi connectivity index (χ4n) is 3.64. The Kier molecular flexibility index (Phi) is 8.05. The zero-order chi connectivity index (χ0) is 24.5. The van der Waals surface area contributed by atoms with Gasteiger partial charge in [-0.1, -0.05) is 18.2 Å². The van der Waals surface area contributed by atoms with E-state index in [0.29, 0.717) is 43.6 Å². The highest BCUT2D eigenvalue weighted by Crippen LogP contribution is 2.19. The number of nitrogens with one attached hydrogen (secondary N) is 2. The minimum atomic E-state index is -0.403. The fraction of sp³-hybridized carbons (Fsp3) is 0.280. The van der Waals surface area contributed by atoms with Crippen LogP contribution in [-0.2, 0) is 11.4 Å². The van der Waals surface area contributed by atoms with E-state index in [1.165, 1.54) is 12.1 Å². The van der Waals surface area contributed by atoms with Crippen LogP contribution in [0.1, 0.15) is 12.0 Å². The lowest BCUT2D eigenvalue weighted by Gasteiger charge is -2.34. The van der Waals surface area contributed by atoms with E-state index >= 15 is 0 Å². The number of anilines is 2. The number of urea groups is 1. The molecule has 35 heavy (non-hydrogen) atoms. The number of hydrogen-bond acceptors (Lipinski definition) is 6. The Morgan fingerprint density at radius 2 is 1.71 bits per heavy atom. The Labute approximate surface area is 202 Å². The Balaban J connectivity index is 1.16. The maximum Gasteiger partial charge on any atom is 0.319 e. The summed E-state index contributed by atoms with van der Waals surface area (Å²) in [5.74, 6) is 0.939. The highest BCUT2D eigenvalue weighted by atomic mass is 19.1. The van der Waals surface area contributed by atoms with Gasteiger partial charge in [-0.3, -0.25) is 4.79 Å². The Bertz CT molecular complexity index is 1120. The van der Waals surface area contributed by atoms with E-state index in [4.69, 9.17) is 4.74 Å². The van der Waals surface area contributed by atoms with Gasteiger partial charge >= 0.3 is 6.03 Å². The van der Waals surface area contributed by atoms with Crippen molar-refractivity contribution in [3.05, 3.63) is 78.4 Å². The number of nitrogens with zero attached hydrogens (tertiary/aromatic N) is 4. The van der Waals surface area contributed by atoms with E-state index in [-0.39, 0.29) is 31.3 Å². The van der Waals surface area contributed by atoms with Crippen molar-refractivity contribution in [3.8, 4) is 5.75 Å². The van der Waals surface area contributed by atoms with Gasteiger partial charge in [-0.25, -0.2) is 19.2 Å². The first kappa shape index (κ1) is 23.9. The first-order valence-electron chi connectivity index (χ1n) is 11.4. The maximum atomic E-state index is 13.0. The van der Waals surface area contributed by atoms with E-state index < -0.39 is 6.03 Å². The molecule has 3 amide bonds. The van der Waals surface area contributed by atoms with Crippen molar-refractivity contribution in [2.24, 2.45) is 0 Å². The maximum absolute atomic E-state index is 13.0. The number of rotatable bonds is 8. The van der Waals surface area contributed by atoms with Crippen LogP contribution in [0.25, 0.3) is 0 Å². The largest absolute Gasteiger partial charge is 0.489 e.